The number of benzene rings is 1. The minimum Gasteiger partial charge on any atom is -0.481 e. The SMILES string of the molecule is Cc1ccccc1N(C)C(=O)N1CCC[C@@H](C(=O)O)C1. The number of amides is 2. The highest BCUT2D eigenvalue weighted by atomic mass is 16.4. The number of carbonyl (C=O) groups excluding carboxylic acids is 1. The van der Waals surface area contributed by atoms with Gasteiger partial charge in [0, 0.05) is 25.8 Å². The topological polar surface area (TPSA) is 60.9 Å². The van der Waals surface area contributed by atoms with Crippen LogP contribution < -0.4 is 4.90 Å². The number of hydrogen-bond acceptors (Lipinski definition) is 2. The molecule has 20 heavy (non-hydrogen) atoms. The van der Waals surface area contributed by atoms with Gasteiger partial charge in [0.25, 0.3) is 0 Å². The molecule has 1 aromatic carbocycles. The zero-order chi connectivity index (χ0) is 14.7. The predicted octanol–water partition coefficient (Wildman–Crippen LogP) is 2.35. The summed E-state index contributed by atoms with van der Waals surface area (Å²) in [6.45, 7) is 2.87. The van der Waals surface area contributed by atoms with Gasteiger partial charge in [-0.15, -0.1) is 0 Å². The third kappa shape index (κ3) is 2.92. The smallest absolute Gasteiger partial charge is 0.324 e. The van der Waals surface area contributed by atoms with E-state index in [0.29, 0.717) is 19.5 Å². The minimum atomic E-state index is -0.818. The van der Waals surface area contributed by atoms with Crippen LogP contribution in [0.5, 0.6) is 0 Å². The molecule has 0 aliphatic carbocycles. The van der Waals surface area contributed by atoms with E-state index in [1.54, 1.807) is 16.8 Å². The summed E-state index contributed by atoms with van der Waals surface area (Å²) in [5, 5.41) is 9.09. The van der Waals surface area contributed by atoms with Gasteiger partial charge in [-0.3, -0.25) is 9.69 Å². The van der Waals surface area contributed by atoms with Crippen LogP contribution >= 0.6 is 0 Å². The number of carboxylic acid groups (broad SMARTS) is 1. The van der Waals surface area contributed by atoms with Crippen LogP contribution in [0.2, 0.25) is 0 Å². The first-order valence-corrected chi connectivity index (χ1v) is 6.81. The fourth-order valence-corrected chi connectivity index (χ4v) is 2.61. The van der Waals surface area contributed by atoms with Crippen molar-refractivity contribution < 1.29 is 14.7 Å². The van der Waals surface area contributed by atoms with Crippen LogP contribution in [0.3, 0.4) is 0 Å². The van der Waals surface area contributed by atoms with Crippen LogP contribution in [0.15, 0.2) is 24.3 Å². The zero-order valence-corrected chi connectivity index (χ0v) is 11.9. The molecule has 0 unspecified atom stereocenters. The van der Waals surface area contributed by atoms with E-state index in [0.717, 1.165) is 17.7 Å². The molecular weight excluding hydrogens is 256 g/mol. The van der Waals surface area contributed by atoms with Gasteiger partial charge < -0.3 is 10.0 Å². The highest BCUT2D eigenvalue weighted by Crippen LogP contribution is 2.22. The Hall–Kier alpha value is -2.04. The highest BCUT2D eigenvalue weighted by molar-refractivity contribution is 5.92. The molecule has 1 aromatic rings. The number of urea groups is 1. The van der Waals surface area contributed by atoms with E-state index in [-0.39, 0.29) is 6.03 Å². The third-order valence-electron chi connectivity index (χ3n) is 3.80. The lowest BCUT2D eigenvalue weighted by Gasteiger charge is -2.34. The lowest BCUT2D eigenvalue weighted by atomic mass is 9.98. The van der Waals surface area contributed by atoms with Gasteiger partial charge >= 0.3 is 12.0 Å². The number of anilines is 1. The Balaban J connectivity index is 2.11. The number of piperidine rings is 1. The summed E-state index contributed by atoms with van der Waals surface area (Å²) in [7, 11) is 1.73. The van der Waals surface area contributed by atoms with E-state index >= 15 is 0 Å². The van der Waals surface area contributed by atoms with Crippen LogP contribution in [0.1, 0.15) is 18.4 Å². The van der Waals surface area contributed by atoms with Gasteiger partial charge in [0.2, 0.25) is 0 Å². The molecule has 1 saturated heterocycles. The van der Waals surface area contributed by atoms with Gasteiger partial charge in [0.15, 0.2) is 0 Å². The van der Waals surface area contributed by atoms with Crippen molar-refractivity contribution in [3.63, 3.8) is 0 Å². The number of likely N-dealkylation sites (tertiary alicyclic amines) is 1. The van der Waals surface area contributed by atoms with E-state index in [1.165, 1.54) is 0 Å². The molecule has 0 bridgehead atoms. The molecule has 1 fully saturated rings. The molecule has 2 amide bonds. The second kappa shape index (κ2) is 5.94. The molecule has 0 radical (unpaired) electrons. The molecule has 1 aliphatic heterocycles. The summed E-state index contributed by atoms with van der Waals surface area (Å²) in [6, 6.07) is 7.53. The quantitative estimate of drug-likeness (QED) is 0.902. The number of rotatable bonds is 2. The van der Waals surface area contributed by atoms with E-state index in [9.17, 15) is 9.59 Å². The summed E-state index contributed by atoms with van der Waals surface area (Å²) in [5.74, 6) is -1.26. The summed E-state index contributed by atoms with van der Waals surface area (Å²) in [5.41, 5.74) is 1.88. The van der Waals surface area contributed by atoms with E-state index < -0.39 is 11.9 Å². The van der Waals surface area contributed by atoms with Gasteiger partial charge in [-0.25, -0.2) is 4.79 Å². The Morgan fingerprint density at radius 3 is 2.70 bits per heavy atom. The molecule has 2 rings (SSSR count). The number of hydrogen-bond donors (Lipinski definition) is 1. The normalized spacial score (nSPS) is 18.7. The molecule has 5 heteroatoms. The molecule has 108 valence electrons. The van der Waals surface area contributed by atoms with E-state index in [2.05, 4.69) is 0 Å². The molecule has 1 aliphatic rings. The van der Waals surface area contributed by atoms with Crippen LogP contribution in [0.4, 0.5) is 10.5 Å². The maximum Gasteiger partial charge on any atom is 0.324 e. The van der Waals surface area contributed by atoms with Gasteiger partial charge in [-0.1, -0.05) is 18.2 Å². The van der Waals surface area contributed by atoms with Crippen molar-refractivity contribution in [2.45, 2.75) is 19.8 Å². The standard InChI is InChI=1S/C15H20N2O3/c1-11-6-3-4-8-13(11)16(2)15(20)17-9-5-7-12(10-17)14(18)19/h3-4,6,8,12H,5,7,9-10H2,1-2H3,(H,18,19)/t12-/m1/s1. The van der Waals surface area contributed by atoms with Crippen molar-refractivity contribution >= 4 is 17.7 Å². The zero-order valence-electron chi connectivity index (χ0n) is 11.9. The molecule has 0 spiro atoms. The number of aryl methyl sites for hydroxylation is 1. The summed E-state index contributed by atoms with van der Waals surface area (Å²) < 4.78 is 0. The molecular formula is C15H20N2O3. The first kappa shape index (κ1) is 14.4. The minimum absolute atomic E-state index is 0.134. The van der Waals surface area contributed by atoms with Crippen molar-refractivity contribution in [1.82, 2.24) is 4.90 Å². The van der Waals surface area contributed by atoms with Crippen LogP contribution in [-0.4, -0.2) is 42.1 Å². The molecule has 1 atom stereocenters. The van der Waals surface area contributed by atoms with Crippen molar-refractivity contribution in [3.05, 3.63) is 29.8 Å². The molecule has 0 aromatic heterocycles. The first-order valence-electron chi connectivity index (χ1n) is 6.81. The summed E-state index contributed by atoms with van der Waals surface area (Å²) in [6.07, 6.45) is 1.39. The molecule has 5 nitrogen and oxygen atoms in total. The van der Waals surface area contributed by atoms with Gasteiger partial charge in [0.05, 0.1) is 5.92 Å². The third-order valence-corrected chi connectivity index (χ3v) is 3.80. The van der Waals surface area contributed by atoms with Gasteiger partial charge in [-0.05, 0) is 31.4 Å². The van der Waals surface area contributed by atoms with Crippen LogP contribution in [-0.2, 0) is 4.79 Å². The fourth-order valence-electron chi connectivity index (χ4n) is 2.61. The fraction of sp³-hybridized carbons (Fsp3) is 0.467. The first-order chi connectivity index (χ1) is 9.50. The Morgan fingerprint density at radius 1 is 1.35 bits per heavy atom. The Morgan fingerprint density at radius 2 is 2.05 bits per heavy atom. The lowest BCUT2D eigenvalue weighted by molar-refractivity contribution is -0.143. The van der Waals surface area contributed by atoms with E-state index in [4.69, 9.17) is 5.11 Å². The molecule has 1 heterocycles. The van der Waals surface area contributed by atoms with Crippen LogP contribution in [0.25, 0.3) is 0 Å². The maximum atomic E-state index is 12.5. The maximum absolute atomic E-state index is 12.5. The van der Waals surface area contributed by atoms with Gasteiger partial charge in [-0.2, -0.15) is 0 Å². The largest absolute Gasteiger partial charge is 0.481 e. The monoisotopic (exact) mass is 276 g/mol. The number of nitrogens with zero attached hydrogens (tertiary/aromatic N) is 2. The molecule has 0 saturated carbocycles. The number of para-hydroxylation sites is 1. The van der Waals surface area contributed by atoms with Crippen LogP contribution in [0, 0.1) is 12.8 Å². The second-order valence-corrected chi connectivity index (χ2v) is 5.25. The number of carbonyl (C=O) groups is 2. The number of carboxylic acids is 1. The summed E-state index contributed by atoms with van der Waals surface area (Å²) in [4.78, 5) is 26.8. The average molecular weight is 276 g/mol. The highest BCUT2D eigenvalue weighted by Gasteiger charge is 2.30. The Bertz CT molecular complexity index is 516. The predicted molar refractivity (Wildman–Crippen MR) is 76.9 cm³/mol. The lowest BCUT2D eigenvalue weighted by Crippen LogP contribution is -2.47. The van der Waals surface area contributed by atoms with Crippen molar-refractivity contribution in [2.24, 2.45) is 5.92 Å². The van der Waals surface area contributed by atoms with Crippen molar-refractivity contribution in [2.75, 3.05) is 25.0 Å². The van der Waals surface area contributed by atoms with E-state index in [1.807, 2.05) is 31.2 Å². The molecule has 1 N–H and O–H groups in total. The second-order valence-electron chi connectivity index (χ2n) is 5.25. The van der Waals surface area contributed by atoms with Crippen molar-refractivity contribution in [1.29, 1.82) is 0 Å². The van der Waals surface area contributed by atoms with Crippen molar-refractivity contribution in [3.8, 4) is 0 Å². The Kier molecular flexibility index (Phi) is 4.27. The Labute approximate surface area is 118 Å². The van der Waals surface area contributed by atoms with Gasteiger partial charge in [0.1, 0.15) is 0 Å². The summed E-state index contributed by atoms with van der Waals surface area (Å²) >= 11 is 0. The average Bonchev–Trinajstić information content (AvgIpc) is 2.46. The number of aliphatic carboxylic acids is 1.